The fourth-order valence-corrected chi connectivity index (χ4v) is 3.25. The van der Waals surface area contributed by atoms with Crippen molar-refractivity contribution >= 4 is 31.7 Å². The van der Waals surface area contributed by atoms with Gasteiger partial charge in [-0.15, -0.1) is 0 Å². The molecule has 0 saturated heterocycles. The van der Waals surface area contributed by atoms with Gasteiger partial charge in [0.25, 0.3) is 0 Å². The summed E-state index contributed by atoms with van der Waals surface area (Å²) in [6, 6.07) is 7.00. The van der Waals surface area contributed by atoms with E-state index in [1.54, 1.807) is 32.0 Å². The topological polar surface area (TPSA) is 89.3 Å². The molecule has 1 rings (SSSR count). The Morgan fingerprint density at radius 2 is 2.05 bits per heavy atom. The quantitative estimate of drug-likeness (QED) is 0.795. The zero-order valence-corrected chi connectivity index (χ0v) is 13.9. The molecule has 7 heteroatoms. The number of carbonyl (C=O) groups excluding carboxylic acids is 1. The number of nitrogens with one attached hydrogen (secondary N) is 1. The van der Waals surface area contributed by atoms with E-state index in [0.717, 1.165) is 4.47 Å². The van der Waals surface area contributed by atoms with E-state index < -0.39 is 27.0 Å². The van der Waals surface area contributed by atoms with Crippen molar-refractivity contribution in [1.29, 1.82) is 0 Å². The van der Waals surface area contributed by atoms with E-state index in [-0.39, 0.29) is 12.3 Å². The van der Waals surface area contributed by atoms with Crippen LogP contribution in [0.3, 0.4) is 0 Å². The fourth-order valence-electron chi connectivity index (χ4n) is 1.51. The van der Waals surface area contributed by atoms with Gasteiger partial charge in [-0.1, -0.05) is 28.1 Å². The minimum atomic E-state index is -3.49. The van der Waals surface area contributed by atoms with E-state index in [9.17, 15) is 13.2 Å². The predicted octanol–water partition coefficient (Wildman–Crippen LogP) is 1.22. The molecule has 0 aliphatic carbocycles. The molecule has 112 valence electrons. The van der Waals surface area contributed by atoms with Crippen molar-refractivity contribution in [3.63, 3.8) is 0 Å². The number of sulfone groups is 1. The van der Waals surface area contributed by atoms with E-state index >= 15 is 0 Å². The third kappa shape index (κ3) is 7.02. The number of hydrogen-bond donors (Lipinski definition) is 2. The van der Waals surface area contributed by atoms with E-state index in [1.807, 2.05) is 6.07 Å². The first-order chi connectivity index (χ1) is 9.07. The Bertz CT molecular complexity index is 580. The number of nitrogens with two attached hydrogens (primary N) is 1. The van der Waals surface area contributed by atoms with Crippen LogP contribution in [0, 0.1) is 0 Å². The molecule has 0 bridgehead atoms. The largest absolute Gasteiger partial charge is 0.353 e. The Hall–Kier alpha value is -0.920. The average Bonchev–Trinajstić information content (AvgIpc) is 2.24. The molecule has 1 aromatic rings. The SMILES string of the molecule is CC(C)(N)CNC(=O)CS(=O)(=O)Cc1cccc(Br)c1. The molecule has 5 nitrogen and oxygen atoms in total. The molecule has 0 heterocycles. The number of benzene rings is 1. The van der Waals surface area contributed by atoms with Crippen molar-refractivity contribution in [2.75, 3.05) is 12.3 Å². The van der Waals surface area contributed by atoms with Crippen LogP contribution in [-0.4, -0.2) is 32.2 Å². The van der Waals surface area contributed by atoms with Crippen LogP contribution in [0.2, 0.25) is 0 Å². The lowest BCUT2D eigenvalue weighted by atomic mass is 10.1. The lowest BCUT2D eigenvalue weighted by molar-refractivity contribution is -0.118. The maximum atomic E-state index is 11.9. The molecule has 0 fully saturated rings. The summed E-state index contributed by atoms with van der Waals surface area (Å²) < 4.78 is 24.7. The Balaban J connectivity index is 2.60. The molecular formula is C13H19BrN2O3S. The molecule has 3 N–H and O–H groups in total. The number of carbonyl (C=O) groups is 1. The van der Waals surface area contributed by atoms with Gasteiger partial charge in [0.15, 0.2) is 9.84 Å². The summed E-state index contributed by atoms with van der Waals surface area (Å²) in [6.07, 6.45) is 0. The van der Waals surface area contributed by atoms with Gasteiger partial charge in [0.1, 0.15) is 5.75 Å². The molecule has 20 heavy (non-hydrogen) atoms. The van der Waals surface area contributed by atoms with Crippen LogP contribution in [0.1, 0.15) is 19.4 Å². The highest BCUT2D eigenvalue weighted by Gasteiger charge is 2.19. The molecular weight excluding hydrogens is 344 g/mol. The summed E-state index contributed by atoms with van der Waals surface area (Å²) in [7, 11) is -3.49. The zero-order valence-electron chi connectivity index (χ0n) is 11.5. The lowest BCUT2D eigenvalue weighted by Crippen LogP contribution is -2.46. The van der Waals surface area contributed by atoms with Crippen LogP contribution in [0.5, 0.6) is 0 Å². The highest BCUT2D eigenvalue weighted by molar-refractivity contribution is 9.10. The van der Waals surface area contributed by atoms with Crippen molar-refractivity contribution in [3.8, 4) is 0 Å². The summed E-state index contributed by atoms with van der Waals surface area (Å²) in [5.74, 6) is -1.22. The number of hydrogen-bond acceptors (Lipinski definition) is 4. The maximum absolute atomic E-state index is 11.9. The zero-order chi connectivity index (χ0) is 15.4. The highest BCUT2D eigenvalue weighted by atomic mass is 79.9. The normalized spacial score (nSPS) is 12.2. The summed E-state index contributed by atoms with van der Waals surface area (Å²) >= 11 is 3.28. The lowest BCUT2D eigenvalue weighted by Gasteiger charge is -2.18. The molecule has 0 aliphatic heterocycles. The van der Waals surface area contributed by atoms with Gasteiger partial charge in [-0.3, -0.25) is 4.79 Å². The van der Waals surface area contributed by atoms with Gasteiger partial charge in [-0.2, -0.15) is 0 Å². The summed E-state index contributed by atoms with van der Waals surface area (Å²) in [6.45, 7) is 3.74. The Morgan fingerprint density at radius 1 is 1.40 bits per heavy atom. The first kappa shape index (κ1) is 17.1. The van der Waals surface area contributed by atoms with Gasteiger partial charge in [-0.05, 0) is 31.5 Å². The second-order valence-electron chi connectivity index (χ2n) is 5.43. The van der Waals surface area contributed by atoms with Crippen LogP contribution >= 0.6 is 15.9 Å². The van der Waals surface area contributed by atoms with Crippen molar-refractivity contribution in [1.82, 2.24) is 5.32 Å². The van der Waals surface area contributed by atoms with Gasteiger partial charge >= 0.3 is 0 Å². The standard InChI is InChI=1S/C13H19BrN2O3S/c1-13(2,15)9-16-12(17)8-20(18,19)7-10-4-3-5-11(14)6-10/h3-6H,7-9,15H2,1-2H3,(H,16,17). The van der Waals surface area contributed by atoms with E-state index in [4.69, 9.17) is 5.73 Å². The molecule has 0 saturated carbocycles. The Morgan fingerprint density at radius 3 is 2.60 bits per heavy atom. The minimum Gasteiger partial charge on any atom is -0.353 e. The van der Waals surface area contributed by atoms with Gasteiger partial charge in [-0.25, -0.2) is 8.42 Å². The van der Waals surface area contributed by atoms with Gasteiger partial charge in [0.2, 0.25) is 5.91 Å². The number of halogens is 1. The second kappa shape index (κ2) is 6.69. The van der Waals surface area contributed by atoms with E-state index in [0.29, 0.717) is 5.56 Å². The Kier molecular flexibility index (Phi) is 5.73. The van der Waals surface area contributed by atoms with Crippen molar-refractivity contribution < 1.29 is 13.2 Å². The molecule has 0 radical (unpaired) electrons. The third-order valence-electron chi connectivity index (χ3n) is 2.37. The number of amides is 1. The van der Waals surface area contributed by atoms with Crippen molar-refractivity contribution in [2.24, 2.45) is 5.73 Å². The van der Waals surface area contributed by atoms with Crippen LogP contribution in [0.4, 0.5) is 0 Å². The van der Waals surface area contributed by atoms with E-state index in [2.05, 4.69) is 21.2 Å². The van der Waals surface area contributed by atoms with Crippen molar-refractivity contribution in [3.05, 3.63) is 34.3 Å². The molecule has 0 aromatic heterocycles. The van der Waals surface area contributed by atoms with Crippen molar-refractivity contribution in [2.45, 2.75) is 25.1 Å². The minimum absolute atomic E-state index is 0.161. The molecule has 0 spiro atoms. The summed E-state index contributed by atoms with van der Waals surface area (Å²) in [5, 5.41) is 2.52. The molecule has 0 unspecified atom stereocenters. The van der Waals surface area contributed by atoms with Crippen LogP contribution in [0.15, 0.2) is 28.7 Å². The predicted molar refractivity (Wildman–Crippen MR) is 82.9 cm³/mol. The fraction of sp³-hybridized carbons (Fsp3) is 0.462. The first-order valence-electron chi connectivity index (χ1n) is 6.08. The third-order valence-corrected chi connectivity index (χ3v) is 4.34. The van der Waals surface area contributed by atoms with E-state index in [1.165, 1.54) is 0 Å². The summed E-state index contributed by atoms with van der Waals surface area (Å²) in [5.41, 5.74) is 5.80. The molecule has 0 atom stereocenters. The molecule has 1 amide bonds. The molecule has 1 aromatic carbocycles. The summed E-state index contributed by atoms with van der Waals surface area (Å²) in [4.78, 5) is 11.6. The van der Waals surface area contributed by atoms with Crippen LogP contribution in [-0.2, 0) is 20.4 Å². The molecule has 0 aliphatic rings. The van der Waals surface area contributed by atoms with Gasteiger partial charge in [0.05, 0.1) is 5.75 Å². The van der Waals surface area contributed by atoms with Gasteiger partial charge < -0.3 is 11.1 Å². The van der Waals surface area contributed by atoms with Gasteiger partial charge in [0, 0.05) is 16.6 Å². The maximum Gasteiger partial charge on any atom is 0.235 e. The van der Waals surface area contributed by atoms with Crippen LogP contribution in [0.25, 0.3) is 0 Å². The van der Waals surface area contributed by atoms with Crippen LogP contribution < -0.4 is 11.1 Å². The highest BCUT2D eigenvalue weighted by Crippen LogP contribution is 2.14. The first-order valence-corrected chi connectivity index (χ1v) is 8.69. The average molecular weight is 363 g/mol. The second-order valence-corrected chi connectivity index (χ2v) is 8.41. The monoisotopic (exact) mass is 362 g/mol. The number of rotatable bonds is 6. The smallest absolute Gasteiger partial charge is 0.235 e. The Labute approximate surface area is 128 Å².